The Morgan fingerprint density at radius 2 is 2.70 bits per heavy atom. The van der Waals surface area contributed by atoms with E-state index >= 15 is 0 Å². The van der Waals surface area contributed by atoms with Gasteiger partial charge in [0.25, 0.3) is 0 Å². The molecule has 0 spiro atoms. The third kappa shape index (κ3) is 2.10. The normalized spacial score (nSPS) is 15.8. The van der Waals surface area contributed by atoms with Crippen LogP contribution in [0, 0.1) is 0 Å². The highest BCUT2D eigenvalue weighted by Gasteiger charge is 2.05. The average Bonchev–Trinajstić information content (AvgIpc) is 1.88. The molecule has 0 atom stereocenters. The Hall–Kier alpha value is -0.970. The lowest BCUT2D eigenvalue weighted by Gasteiger charge is -2.05. The van der Waals surface area contributed by atoms with Crippen LogP contribution >= 0.6 is 11.9 Å². The lowest BCUT2D eigenvalue weighted by molar-refractivity contribution is -0.135. The molecule has 0 aliphatic carbocycles. The van der Waals surface area contributed by atoms with E-state index in [4.69, 9.17) is 5.11 Å². The van der Waals surface area contributed by atoms with Gasteiger partial charge >= 0.3 is 5.97 Å². The van der Waals surface area contributed by atoms with Crippen molar-refractivity contribution in [3.05, 3.63) is 11.6 Å². The summed E-state index contributed by atoms with van der Waals surface area (Å²) in [7, 11) is 0. The minimum atomic E-state index is -0.873. The maximum absolute atomic E-state index is 10.1. The summed E-state index contributed by atoms with van der Waals surface area (Å²) in [5, 5.41) is 10.1. The summed E-state index contributed by atoms with van der Waals surface area (Å²) in [6.07, 6.45) is 1.52. The zero-order valence-corrected chi connectivity index (χ0v) is 5.89. The Morgan fingerprint density at radius 3 is 3.20 bits per heavy atom. The number of carbonyl (C=O) groups is 1. The van der Waals surface area contributed by atoms with Gasteiger partial charge in [-0.2, -0.15) is 0 Å². The summed E-state index contributed by atoms with van der Waals surface area (Å²) >= 11 is 1.32. The highest BCUT2D eigenvalue weighted by Crippen LogP contribution is 2.03. The molecule has 0 saturated heterocycles. The molecule has 2 N–H and O–H groups in total. The predicted octanol–water partition coefficient (Wildman–Crippen LogP) is 0.582. The van der Waals surface area contributed by atoms with Gasteiger partial charge in [-0.3, -0.25) is 4.79 Å². The monoisotopic (exact) mass is 158 g/mol. The first-order valence-electron chi connectivity index (χ1n) is 2.64. The first-order valence-corrected chi connectivity index (χ1v) is 3.52. The van der Waals surface area contributed by atoms with E-state index in [1.54, 1.807) is 11.6 Å². The van der Waals surface area contributed by atoms with E-state index in [0.717, 1.165) is 0 Å². The van der Waals surface area contributed by atoms with Gasteiger partial charge in [0.2, 0.25) is 0 Å². The van der Waals surface area contributed by atoms with Crippen LogP contribution in [0.1, 0.15) is 6.42 Å². The molecule has 1 aliphatic rings. The molecule has 0 unspecified atom stereocenters. The fourth-order valence-electron chi connectivity index (χ4n) is 0.504. The largest absolute Gasteiger partial charge is 0.481 e. The summed E-state index contributed by atoms with van der Waals surface area (Å²) < 4.78 is 2.75. The number of rotatable bonds is 2. The SMILES string of the molecule is O=C(O)CC1=NC=CSN1. The molecule has 0 aromatic rings. The second-order valence-electron chi connectivity index (χ2n) is 1.65. The minimum absolute atomic E-state index is 0.0443. The van der Waals surface area contributed by atoms with Gasteiger partial charge < -0.3 is 9.83 Å². The Balaban J connectivity index is 2.47. The molecule has 0 bridgehead atoms. The van der Waals surface area contributed by atoms with Crippen LogP contribution < -0.4 is 4.72 Å². The van der Waals surface area contributed by atoms with E-state index in [1.165, 1.54) is 11.9 Å². The van der Waals surface area contributed by atoms with E-state index in [-0.39, 0.29) is 6.42 Å². The van der Waals surface area contributed by atoms with Gasteiger partial charge in [0.15, 0.2) is 0 Å². The van der Waals surface area contributed by atoms with Gasteiger partial charge in [-0.05, 0) is 11.9 Å². The maximum Gasteiger partial charge on any atom is 0.311 e. The first kappa shape index (κ1) is 7.14. The zero-order chi connectivity index (χ0) is 7.40. The zero-order valence-electron chi connectivity index (χ0n) is 5.07. The second-order valence-corrected chi connectivity index (χ2v) is 2.36. The third-order valence-electron chi connectivity index (χ3n) is 0.855. The number of hydrogen-bond donors (Lipinski definition) is 2. The van der Waals surface area contributed by atoms with Gasteiger partial charge in [0.1, 0.15) is 12.3 Å². The van der Waals surface area contributed by atoms with E-state index in [2.05, 4.69) is 9.71 Å². The summed E-state index contributed by atoms with van der Waals surface area (Å²) in [4.78, 5) is 13.9. The van der Waals surface area contributed by atoms with Crippen LogP contribution in [0.2, 0.25) is 0 Å². The van der Waals surface area contributed by atoms with Gasteiger partial charge in [-0.25, -0.2) is 4.99 Å². The fourth-order valence-corrected chi connectivity index (χ4v) is 0.955. The molecule has 1 rings (SSSR count). The molecule has 4 nitrogen and oxygen atoms in total. The van der Waals surface area contributed by atoms with Crippen LogP contribution in [-0.4, -0.2) is 16.9 Å². The molecule has 5 heteroatoms. The fraction of sp³-hybridized carbons (Fsp3) is 0.200. The van der Waals surface area contributed by atoms with Crippen molar-refractivity contribution in [1.29, 1.82) is 0 Å². The molecule has 10 heavy (non-hydrogen) atoms. The van der Waals surface area contributed by atoms with E-state index in [0.29, 0.717) is 5.84 Å². The number of nitrogens with one attached hydrogen (secondary N) is 1. The average molecular weight is 158 g/mol. The Kier molecular flexibility index (Phi) is 2.33. The number of nitrogens with zero attached hydrogens (tertiary/aromatic N) is 1. The number of amidine groups is 1. The molecular formula is C5H6N2O2S. The van der Waals surface area contributed by atoms with Crippen molar-refractivity contribution in [3.8, 4) is 0 Å². The van der Waals surface area contributed by atoms with Crippen molar-refractivity contribution in [2.24, 2.45) is 4.99 Å². The smallest absolute Gasteiger partial charge is 0.311 e. The molecule has 1 aliphatic heterocycles. The summed E-state index contributed by atoms with van der Waals surface area (Å²) in [6.45, 7) is 0. The van der Waals surface area contributed by atoms with Crippen LogP contribution in [-0.2, 0) is 4.79 Å². The first-order chi connectivity index (χ1) is 4.79. The Bertz CT molecular complexity index is 200. The molecule has 1 heterocycles. The van der Waals surface area contributed by atoms with Crippen molar-refractivity contribution in [1.82, 2.24) is 4.72 Å². The second kappa shape index (κ2) is 3.26. The predicted molar refractivity (Wildman–Crippen MR) is 39.6 cm³/mol. The van der Waals surface area contributed by atoms with Crippen LogP contribution in [0.3, 0.4) is 0 Å². The van der Waals surface area contributed by atoms with Gasteiger partial charge in [0.05, 0.1) is 0 Å². The third-order valence-corrected chi connectivity index (χ3v) is 1.47. The standard InChI is InChI=1S/C5H6N2O2S/c8-5(9)3-4-6-1-2-10-7-4/h1-2H,3H2,(H,6,7)(H,8,9). The van der Waals surface area contributed by atoms with Crippen molar-refractivity contribution in [2.75, 3.05) is 0 Å². The van der Waals surface area contributed by atoms with Crippen LogP contribution in [0.25, 0.3) is 0 Å². The number of aliphatic imine (C=N–C) groups is 1. The van der Waals surface area contributed by atoms with Crippen molar-refractivity contribution < 1.29 is 9.90 Å². The van der Waals surface area contributed by atoms with Gasteiger partial charge in [0, 0.05) is 11.6 Å². The number of hydrogen-bond acceptors (Lipinski definition) is 4. The van der Waals surface area contributed by atoms with Crippen molar-refractivity contribution in [3.63, 3.8) is 0 Å². The molecule has 0 fully saturated rings. The van der Waals surface area contributed by atoms with E-state index in [9.17, 15) is 4.79 Å². The molecule has 0 aromatic heterocycles. The Labute approximate surface area is 62.2 Å². The molecule has 0 radical (unpaired) electrons. The number of carboxylic acids is 1. The molecule has 54 valence electrons. The Morgan fingerprint density at radius 1 is 1.90 bits per heavy atom. The molecule has 0 saturated carbocycles. The number of carboxylic acid groups (broad SMARTS) is 1. The van der Waals surface area contributed by atoms with Gasteiger partial charge in [-0.15, -0.1) is 0 Å². The summed E-state index contributed by atoms with van der Waals surface area (Å²) in [5.74, 6) is -0.387. The topological polar surface area (TPSA) is 61.7 Å². The van der Waals surface area contributed by atoms with Crippen molar-refractivity contribution in [2.45, 2.75) is 6.42 Å². The van der Waals surface area contributed by atoms with Crippen LogP contribution in [0.5, 0.6) is 0 Å². The lowest BCUT2D eigenvalue weighted by atomic mass is 10.4. The summed E-state index contributed by atoms with van der Waals surface area (Å²) in [6, 6.07) is 0. The maximum atomic E-state index is 10.1. The highest BCUT2D eigenvalue weighted by atomic mass is 32.2. The van der Waals surface area contributed by atoms with Crippen LogP contribution in [0.15, 0.2) is 16.6 Å². The van der Waals surface area contributed by atoms with Crippen molar-refractivity contribution >= 4 is 23.8 Å². The quantitative estimate of drug-likeness (QED) is 0.577. The minimum Gasteiger partial charge on any atom is -0.481 e. The highest BCUT2D eigenvalue weighted by molar-refractivity contribution is 8.00. The van der Waals surface area contributed by atoms with E-state index < -0.39 is 5.97 Å². The molecule has 0 aromatic carbocycles. The lowest BCUT2D eigenvalue weighted by Crippen LogP contribution is -2.20. The van der Waals surface area contributed by atoms with Gasteiger partial charge in [-0.1, -0.05) is 0 Å². The van der Waals surface area contributed by atoms with Crippen LogP contribution in [0.4, 0.5) is 0 Å². The molecular weight excluding hydrogens is 152 g/mol. The van der Waals surface area contributed by atoms with E-state index in [1.807, 2.05) is 0 Å². The molecule has 0 amide bonds. The summed E-state index contributed by atoms with van der Waals surface area (Å²) in [5.41, 5.74) is 0. The number of aliphatic carboxylic acids is 1.